The predicted molar refractivity (Wildman–Crippen MR) is 114 cm³/mol. The van der Waals surface area contributed by atoms with Gasteiger partial charge in [0, 0.05) is 42.5 Å². The molecule has 0 spiro atoms. The van der Waals surface area contributed by atoms with E-state index >= 15 is 0 Å². The highest BCUT2D eigenvalue weighted by Gasteiger charge is 2.20. The quantitative estimate of drug-likeness (QED) is 0.578. The van der Waals surface area contributed by atoms with Crippen LogP contribution >= 0.6 is 0 Å². The molecule has 3 aromatic rings. The summed E-state index contributed by atoms with van der Waals surface area (Å²) in [5.74, 6) is 0.708. The van der Waals surface area contributed by atoms with Gasteiger partial charge < -0.3 is 14.3 Å². The van der Waals surface area contributed by atoms with Gasteiger partial charge in [-0.2, -0.15) is 0 Å². The van der Waals surface area contributed by atoms with E-state index in [0.29, 0.717) is 6.54 Å². The van der Waals surface area contributed by atoms with Crippen LogP contribution in [-0.4, -0.2) is 24.2 Å². The summed E-state index contributed by atoms with van der Waals surface area (Å²) in [6, 6.07) is 18.0. The van der Waals surface area contributed by atoms with Crippen molar-refractivity contribution < 1.29 is 9.32 Å². The number of hydrogen-bond donors (Lipinski definition) is 0. The molecule has 1 heterocycles. The maximum atomic E-state index is 12.4. The Hall–Kier alpha value is -3.08. The van der Waals surface area contributed by atoms with Crippen LogP contribution in [0.2, 0.25) is 0 Å². The molecule has 0 unspecified atom stereocenters. The van der Waals surface area contributed by atoms with Gasteiger partial charge in [-0.3, -0.25) is 4.79 Å². The Bertz CT molecular complexity index is 913. The molecule has 146 valence electrons. The van der Waals surface area contributed by atoms with E-state index < -0.39 is 0 Å². The number of amides is 1. The summed E-state index contributed by atoms with van der Waals surface area (Å²) in [7, 11) is 0. The van der Waals surface area contributed by atoms with Gasteiger partial charge in [-0.1, -0.05) is 35.5 Å². The lowest BCUT2D eigenvalue weighted by molar-refractivity contribution is -0.116. The molecular weight excluding hydrogens is 350 g/mol. The van der Waals surface area contributed by atoms with Crippen molar-refractivity contribution in [2.45, 2.75) is 34.2 Å². The molecule has 0 aliphatic heterocycles. The molecule has 5 nitrogen and oxygen atoms in total. The fraction of sp³-hybridized carbons (Fsp3) is 0.304. The third kappa shape index (κ3) is 4.09. The molecule has 5 heteroatoms. The summed E-state index contributed by atoms with van der Waals surface area (Å²) in [6.45, 7) is 10.1. The van der Waals surface area contributed by atoms with Crippen molar-refractivity contribution in [1.82, 2.24) is 5.16 Å². The molecule has 1 amide bonds. The SMILES string of the molecule is CCN(CC)c1ccc(N(Cc2c(-c3ccccc3)noc2C)C(C)=O)cc1. The number of rotatable bonds is 7. The number of aromatic nitrogens is 1. The van der Waals surface area contributed by atoms with Gasteiger partial charge in [0.05, 0.1) is 6.54 Å². The average molecular weight is 377 g/mol. The zero-order valence-electron chi connectivity index (χ0n) is 17.0. The van der Waals surface area contributed by atoms with Gasteiger partial charge in [0.15, 0.2) is 0 Å². The maximum absolute atomic E-state index is 12.4. The van der Waals surface area contributed by atoms with Crippen molar-refractivity contribution in [3.63, 3.8) is 0 Å². The van der Waals surface area contributed by atoms with Crippen LogP contribution in [0.4, 0.5) is 11.4 Å². The van der Waals surface area contributed by atoms with Gasteiger partial charge in [0.25, 0.3) is 0 Å². The molecule has 0 bridgehead atoms. The van der Waals surface area contributed by atoms with Crippen LogP contribution in [0.5, 0.6) is 0 Å². The Morgan fingerprint density at radius 1 is 0.964 bits per heavy atom. The summed E-state index contributed by atoms with van der Waals surface area (Å²) in [6.07, 6.45) is 0. The van der Waals surface area contributed by atoms with Gasteiger partial charge in [0.2, 0.25) is 5.91 Å². The van der Waals surface area contributed by atoms with E-state index in [0.717, 1.165) is 47.0 Å². The number of benzene rings is 2. The number of nitrogens with zero attached hydrogens (tertiary/aromatic N) is 3. The second-order valence-corrected chi connectivity index (χ2v) is 6.73. The van der Waals surface area contributed by atoms with E-state index in [4.69, 9.17) is 4.52 Å². The molecule has 0 fully saturated rings. The Kier molecular flexibility index (Phi) is 6.14. The Balaban J connectivity index is 1.91. The summed E-state index contributed by atoms with van der Waals surface area (Å²) >= 11 is 0. The molecule has 2 aromatic carbocycles. The first-order valence-electron chi connectivity index (χ1n) is 9.68. The number of carbonyl (C=O) groups is 1. The first-order chi connectivity index (χ1) is 13.5. The van der Waals surface area contributed by atoms with Crippen LogP contribution in [0.3, 0.4) is 0 Å². The molecular formula is C23H27N3O2. The second-order valence-electron chi connectivity index (χ2n) is 6.73. The van der Waals surface area contributed by atoms with Crippen LogP contribution < -0.4 is 9.80 Å². The lowest BCUT2D eigenvalue weighted by Crippen LogP contribution is -2.28. The highest BCUT2D eigenvalue weighted by atomic mass is 16.5. The Morgan fingerprint density at radius 3 is 2.14 bits per heavy atom. The topological polar surface area (TPSA) is 49.6 Å². The minimum absolute atomic E-state index is 0.0183. The van der Waals surface area contributed by atoms with Gasteiger partial charge in [-0.25, -0.2) is 0 Å². The predicted octanol–water partition coefficient (Wildman–Crippen LogP) is 5.05. The number of anilines is 2. The molecule has 1 aromatic heterocycles. The summed E-state index contributed by atoms with van der Waals surface area (Å²) < 4.78 is 5.45. The van der Waals surface area contributed by atoms with Crippen LogP contribution in [-0.2, 0) is 11.3 Å². The van der Waals surface area contributed by atoms with Crippen LogP contribution in [0.15, 0.2) is 59.1 Å². The first kappa shape index (κ1) is 19.7. The van der Waals surface area contributed by atoms with E-state index in [1.165, 1.54) is 0 Å². The Labute approximate surface area is 166 Å². The largest absolute Gasteiger partial charge is 0.372 e. The minimum atomic E-state index is -0.0183. The fourth-order valence-electron chi connectivity index (χ4n) is 3.37. The first-order valence-corrected chi connectivity index (χ1v) is 9.68. The lowest BCUT2D eigenvalue weighted by atomic mass is 10.1. The number of hydrogen-bond acceptors (Lipinski definition) is 4. The van der Waals surface area contributed by atoms with E-state index in [9.17, 15) is 4.79 Å². The molecule has 0 N–H and O–H groups in total. The molecule has 0 aliphatic rings. The fourth-order valence-corrected chi connectivity index (χ4v) is 3.37. The molecule has 3 rings (SSSR count). The highest BCUT2D eigenvalue weighted by Crippen LogP contribution is 2.29. The van der Waals surface area contributed by atoms with E-state index in [2.05, 4.69) is 36.0 Å². The average Bonchev–Trinajstić information content (AvgIpc) is 3.08. The molecule has 0 saturated heterocycles. The third-order valence-electron chi connectivity index (χ3n) is 5.02. The van der Waals surface area contributed by atoms with Crippen molar-refractivity contribution in [1.29, 1.82) is 0 Å². The van der Waals surface area contributed by atoms with Crippen molar-refractivity contribution in [3.05, 3.63) is 65.9 Å². The van der Waals surface area contributed by atoms with Crippen LogP contribution in [0.25, 0.3) is 11.3 Å². The summed E-state index contributed by atoms with van der Waals surface area (Å²) in [4.78, 5) is 16.5. The van der Waals surface area contributed by atoms with Crippen molar-refractivity contribution >= 4 is 17.3 Å². The van der Waals surface area contributed by atoms with E-state index in [1.54, 1.807) is 11.8 Å². The van der Waals surface area contributed by atoms with Crippen molar-refractivity contribution in [2.24, 2.45) is 0 Å². The zero-order chi connectivity index (χ0) is 20.1. The third-order valence-corrected chi connectivity index (χ3v) is 5.02. The summed E-state index contributed by atoms with van der Waals surface area (Å²) in [5.41, 5.74) is 4.71. The number of aryl methyl sites for hydroxylation is 1. The Morgan fingerprint density at radius 2 is 1.57 bits per heavy atom. The van der Waals surface area contributed by atoms with Crippen molar-refractivity contribution in [3.8, 4) is 11.3 Å². The van der Waals surface area contributed by atoms with Crippen LogP contribution in [0, 0.1) is 6.92 Å². The monoisotopic (exact) mass is 377 g/mol. The number of carbonyl (C=O) groups excluding carboxylic acids is 1. The molecule has 0 aliphatic carbocycles. The minimum Gasteiger partial charge on any atom is -0.372 e. The van der Waals surface area contributed by atoms with E-state index in [1.807, 2.05) is 49.4 Å². The standard InChI is InChI=1S/C23H27N3O2/c1-5-25(6-2)20-12-14-21(15-13-20)26(18(4)27)16-22-17(3)28-24-23(22)19-10-8-7-9-11-19/h7-15H,5-6,16H2,1-4H3. The molecule has 0 radical (unpaired) electrons. The maximum Gasteiger partial charge on any atom is 0.224 e. The zero-order valence-corrected chi connectivity index (χ0v) is 17.0. The van der Waals surface area contributed by atoms with Gasteiger partial charge in [-0.05, 0) is 45.0 Å². The van der Waals surface area contributed by atoms with Crippen molar-refractivity contribution in [2.75, 3.05) is 22.9 Å². The molecule has 0 saturated carbocycles. The second kappa shape index (κ2) is 8.74. The lowest BCUT2D eigenvalue weighted by Gasteiger charge is -2.24. The smallest absolute Gasteiger partial charge is 0.224 e. The molecule has 0 atom stereocenters. The highest BCUT2D eigenvalue weighted by molar-refractivity contribution is 5.92. The van der Waals surface area contributed by atoms with E-state index in [-0.39, 0.29) is 5.91 Å². The van der Waals surface area contributed by atoms with Gasteiger partial charge in [0.1, 0.15) is 11.5 Å². The van der Waals surface area contributed by atoms with Gasteiger partial charge >= 0.3 is 0 Å². The summed E-state index contributed by atoms with van der Waals surface area (Å²) in [5, 5.41) is 4.23. The van der Waals surface area contributed by atoms with Crippen LogP contribution in [0.1, 0.15) is 32.1 Å². The normalized spacial score (nSPS) is 10.7. The molecule has 28 heavy (non-hydrogen) atoms. The van der Waals surface area contributed by atoms with Gasteiger partial charge in [-0.15, -0.1) is 0 Å².